The maximum atomic E-state index is 11.0. The van der Waals surface area contributed by atoms with Crippen LogP contribution < -0.4 is 0 Å². The molecule has 1 saturated carbocycles. The fourth-order valence-electron chi connectivity index (χ4n) is 1.94. The predicted octanol–water partition coefficient (Wildman–Crippen LogP) is 1.93. The summed E-state index contributed by atoms with van der Waals surface area (Å²) in [5.41, 5.74) is 1.72. The number of fused-ring (bicyclic) bond motifs is 2. The standard InChI is InChI=1S/C9H12O/c1-9(2)6-3-7(9)5-8(10)4-6/h3,6H,4-5H2,1-2H3. The van der Waals surface area contributed by atoms with Gasteiger partial charge in [0, 0.05) is 12.8 Å². The Morgan fingerprint density at radius 2 is 2.30 bits per heavy atom. The highest BCUT2D eigenvalue weighted by Crippen LogP contribution is 2.52. The van der Waals surface area contributed by atoms with Gasteiger partial charge in [-0.3, -0.25) is 4.79 Å². The predicted molar refractivity (Wildman–Crippen MR) is 39.6 cm³/mol. The molecule has 1 fully saturated rings. The van der Waals surface area contributed by atoms with Gasteiger partial charge in [0.15, 0.2) is 0 Å². The Labute approximate surface area is 61.1 Å². The first kappa shape index (κ1) is 6.14. The molecule has 0 amide bonds. The lowest BCUT2D eigenvalue weighted by Gasteiger charge is -2.47. The first-order chi connectivity index (χ1) is 4.60. The smallest absolute Gasteiger partial charge is 0.137 e. The third-order valence-corrected chi connectivity index (χ3v) is 2.99. The van der Waals surface area contributed by atoms with Crippen LogP contribution in [0.4, 0.5) is 0 Å². The number of hydrogen-bond acceptors (Lipinski definition) is 1. The SMILES string of the molecule is CC1(C)C2=CC1CC(=O)C2. The van der Waals surface area contributed by atoms with Crippen molar-refractivity contribution >= 4 is 5.78 Å². The molecule has 54 valence electrons. The molecule has 1 unspecified atom stereocenters. The number of carbonyl (C=O) groups is 1. The molecule has 0 heterocycles. The van der Waals surface area contributed by atoms with Crippen molar-refractivity contribution in [2.24, 2.45) is 11.3 Å². The van der Waals surface area contributed by atoms with Crippen LogP contribution in [0, 0.1) is 11.3 Å². The van der Waals surface area contributed by atoms with Crippen LogP contribution in [0.25, 0.3) is 0 Å². The van der Waals surface area contributed by atoms with Crippen molar-refractivity contribution in [3.05, 3.63) is 11.6 Å². The monoisotopic (exact) mass is 136 g/mol. The van der Waals surface area contributed by atoms with E-state index in [2.05, 4.69) is 19.9 Å². The average Bonchev–Trinajstić information content (AvgIpc) is 1.87. The molecule has 10 heavy (non-hydrogen) atoms. The number of rotatable bonds is 0. The summed E-state index contributed by atoms with van der Waals surface area (Å²) in [6.45, 7) is 4.47. The fraction of sp³-hybridized carbons (Fsp3) is 0.667. The van der Waals surface area contributed by atoms with Gasteiger partial charge in [0.1, 0.15) is 5.78 Å². The molecule has 0 aliphatic heterocycles. The molecule has 0 saturated heterocycles. The van der Waals surface area contributed by atoms with Gasteiger partial charge in [-0.05, 0) is 11.3 Å². The highest BCUT2D eigenvalue weighted by atomic mass is 16.1. The van der Waals surface area contributed by atoms with E-state index in [9.17, 15) is 4.79 Å². The van der Waals surface area contributed by atoms with Crippen LogP contribution >= 0.6 is 0 Å². The molecule has 0 aromatic rings. The van der Waals surface area contributed by atoms with Crippen molar-refractivity contribution in [2.75, 3.05) is 0 Å². The Bertz CT molecular complexity index is 223. The number of allylic oxidation sites excluding steroid dienone is 2. The van der Waals surface area contributed by atoms with Crippen LogP contribution in [0.1, 0.15) is 26.7 Å². The molecule has 3 rings (SSSR count). The summed E-state index contributed by atoms with van der Waals surface area (Å²) >= 11 is 0. The van der Waals surface area contributed by atoms with Crippen LogP contribution in [0.3, 0.4) is 0 Å². The lowest BCUT2D eigenvalue weighted by molar-refractivity contribution is -0.122. The van der Waals surface area contributed by atoms with Gasteiger partial charge in [-0.2, -0.15) is 0 Å². The average molecular weight is 136 g/mol. The Kier molecular flexibility index (Phi) is 0.936. The summed E-state index contributed by atoms with van der Waals surface area (Å²) < 4.78 is 0. The molecule has 0 N–H and O–H groups in total. The second-order valence-electron chi connectivity index (χ2n) is 3.94. The molecule has 1 nitrogen and oxygen atoms in total. The summed E-state index contributed by atoms with van der Waals surface area (Å²) in [7, 11) is 0. The minimum Gasteiger partial charge on any atom is -0.299 e. The second-order valence-corrected chi connectivity index (χ2v) is 3.94. The lowest BCUT2D eigenvalue weighted by atomic mass is 9.56. The first-order valence-corrected chi connectivity index (χ1v) is 3.83. The van der Waals surface area contributed by atoms with Crippen LogP contribution in [-0.2, 0) is 4.79 Å². The van der Waals surface area contributed by atoms with E-state index < -0.39 is 0 Å². The van der Waals surface area contributed by atoms with Gasteiger partial charge in [-0.15, -0.1) is 0 Å². The topological polar surface area (TPSA) is 17.1 Å². The van der Waals surface area contributed by atoms with Gasteiger partial charge < -0.3 is 0 Å². The molecule has 0 aromatic carbocycles. The molecule has 3 aliphatic carbocycles. The van der Waals surface area contributed by atoms with E-state index in [0.717, 1.165) is 12.8 Å². The van der Waals surface area contributed by atoms with Crippen LogP contribution in [0.15, 0.2) is 11.6 Å². The summed E-state index contributed by atoms with van der Waals surface area (Å²) in [5.74, 6) is 0.991. The molecule has 1 atom stereocenters. The van der Waals surface area contributed by atoms with Crippen LogP contribution in [0.5, 0.6) is 0 Å². The third kappa shape index (κ3) is 0.556. The third-order valence-electron chi connectivity index (χ3n) is 2.99. The first-order valence-electron chi connectivity index (χ1n) is 3.83. The largest absolute Gasteiger partial charge is 0.299 e. The molecule has 0 aromatic heterocycles. The van der Waals surface area contributed by atoms with Crippen LogP contribution in [-0.4, -0.2) is 5.78 Å². The van der Waals surface area contributed by atoms with E-state index in [-0.39, 0.29) is 0 Å². The minimum atomic E-state index is 0.355. The van der Waals surface area contributed by atoms with Crippen molar-refractivity contribution in [2.45, 2.75) is 26.7 Å². The van der Waals surface area contributed by atoms with Gasteiger partial charge in [-0.1, -0.05) is 25.5 Å². The zero-order valence-electron chi connectivity index (χ0n) is 6.48. The van der Waals surface area contributed by atoms with Gasteiger partial charge in [0.25, 0.3) is 0 Å². The molecular formula is C9H12O. The number of ketones is 1. The minimum absolute atomic E-state index is 0.355. The molecule has 0 radical (unpaired) electrons. The number of carbonyl (C=O) groups excluding carboxylic acids is 1. The van der Waals surface area contributed by atoms with Crippen molar-refractivity contribution in [3.8, 4) is 0 Å². The number of hydrogen-bond donors (Lipinski definition) is 0. The fourth-order valence-corrected chi connectivity index (χ4v) is 1.94. The maximum absolute atomic E-state index is 11.0. The van der Waals surface area contributed by atoms with E-state index in [1.54, 1.807) is 0 Å². The summed E-state index contributed by atoms with van der Waals surface area (Å²) in [6.07, 6.45) is 3.78. The molecule has 0 spiro atoms. The van der Waals surface area contributed by atoms with E-state index in [1.807, 2.05) is 0 Å². The summed E-state index contributed by atoms with van der Waals surface area (Å²) in [5, 5.41) is 0. The van der Waals surface area contributed by atoms with Crippen LogP contribution in [0.2, 0.25) is 0 Å². The van der Waals surface area contributed by atoms with Crippen molar-refractivity contribution in [1.82, 2.24) is 0 Å². The molecular weight excluding hydrogens is 124 g/mol. The zero-order valence-corrected chi connectivity index (χ0v) is 6.48. The van der Waals surface area contributed by atoms with Gasteiger partial charge >= 0.3 is 0 Å². The zero-order chi connectivity index (χ0) is 7.35. The highest BCUT2D eigenvalue weighted by molar-refractivity contribution is 5.85. The van der Waals surface area contributed by atoms with E-state index >= 15 is 0 Å². The molecule has 3 aliphatic rings. The van der Waals surface area contributed by atoms with E-state index in [4.69, 9.17) is 0 Å². The van der Waals surface area contributed by atoms with Crippen molar-refractivity contribution < 1.29 is 4.79 Å². The molecule has 2 bridgehead atoms. The maximum Gasteiger partial charge on any atom is 0.137 e. The quantitative estimate of drug-likeness (QED) is 0.465. The summed E-state index contributed by atoms with van der Waals surface area (Å²) in [4.78, 5) is 11.0. The highest BCUT2D eigenvalue weighted by Gasteiger charge is 2.45. The van der Waals surface area contributed by atoms with Crippen molar-refractivity contribution in [3.63, 3.8) is 0 Å². The van der Waals surface area contributed by atoms with E-state index in [0.29, 0.717) is 17.1 Å². The van der Waals surface area contributed by atoms with Gasteiger partial charge in [-0.25, -0.2) is 0 Å². The van der Waals surface area contributed by atoms with Crippen molar-refractivity contribution in [1.29, 1.82) is 0 Å². The van der Waals surface area contributed by atoms with E-state index in [1.165, 1.54) is 5.57 Å². The molecule has 1 heteroatoms. The Balaban J connectivity index is 2.30. The lowest BCUT2D eigenvalue weighted by Crippen LogP contribution is -2.40. The van der Waals surface area contributed by atoms with Gasteiger partial charge in [0.05, 0.1) is 0 Å². The Hall–Kier alpha value is -0.590. The number of Topliss-reactive ketones (excluding diaryl/α,β-unsaturated/α-hetero) is 1. The summed E-state index contributed by atoms with van der Waals surface area (Å²) in [6, 6.07) is 0. The normalized spacial score (nSPS) is 34.8. The Morgan fingerprint density at radius 3 is 2.60 bits per heavy atom. The Morgan fingerprint density at radius 1 is 1.60 bits per heavy atom. The second kappa shape index (κ2) is 1.52. The van der Waals surface area contributed by atoms with Gasteiger partial charge in [0.2, 0.25) is 0 Å².